The Balaban J connectivity index is 2.33. The van der Waals surface area contributed by atoms with Crippen molar-refractivity contribution in [3.8, 4) is 12.1 Å². The molecule has 0 heterocycles. The van der Waals surface area contributed by atoms with Gasteiger partial charge in [-0.1, -0.05) is 25.2 Å². The first-order chi connectivity index (χ1) is 9.18. The molecule has 1 unspecified atom stereocenters. The maximum atomic E-state index is 9.38. The zero-order valence-corrected chi connectivity index (χ0v) is 10.9. The van der Waals surface area contributed by atoms with E-state index >= 15 is 0 Å². The Bertz CT molecular complexity index is 684. The molecule has 1 aromatic carbocycles. The van der Waals surface area contributed by atoms with Crippen LogP contribution in [0.5, 0.6) is 0 Å². The molecule has 3 atom stereocenters. The number of nitrogens with zero attached hydrogens (tertiary/aromatic N) is 2. The number of benzene rings is 1. The summed E-state index contributed by atoms with van der Waals surface area (Å²) >= 11 is 0. The molecule has 0 aliphatic heterocycles. The van der Waals surface area contributed by atoms with Crippen LogP contribution in [-0.4, -0.2) is 0 Å². The molecule has 0 N–H and O–H groups in total. The molecule has 1 spiro atoms. The highest BCUT2D eigenvalue weighted by Gasteiger charge is 2.59. The maximum Gasteiger partial charge on any atom is 0.0998 e. The van der Waals surface area contributed by atoms with Gasteiger partial charge in [0, 0.05) is 5.41 Å². The van der Waals surface area contributed by atoms with Crippen molar-refractivity contribution >= 4 is 6.08 Å². The van der Waals surface area contributed by atoms with Crippen LogP contribution in [0.1, 0.15) is 35.6 Å². The number of fused-ring (bicyclic) bond motifs is 2. The Morgan fingerprint density at radius 1 is 1.32 bits per heavy atom. The molecule has 0 aromatic heterocycles. The fourth-order valence-electron chi connectivity index (χ4n) is 3.53. The van der Waals surface area contributed by atoms with Gasteiger partial charge in [0.25, 0.3) is 0 Å². The monoisotopic (exact) mass is 246 g/mol. The molecule has 0 amide bonds. The normalized spacial score (nSPS) is 30.3. The molecule has 1 fully saturated rings. The van der Waals surface area contributed by atoms with Gasteiger partial charge in [-0.3, -0.25) is 0 Å². The molecule has 0 bridgehead atoms. The van der Waals surface area contributed by atoms with Gasteiger partial charge in [-0.15, -0.1) is 6.58 Å². The molecule has 1 aromatic rings. The molecule has 2 aliphatic rings. The Morgan fingerprint density at radius 3 is 2.58 bits per heavy atom. The summed E-state index contributed by atoms with van der Waals surface area (Å²) in [4.78, 5) is 0. The molecule has 19 heavy (non-hydrogen) atoms. The molecule has 2 heteroatoms. The van der Waals surface area contributed by atoms with Crippen LogP contribution in [0.4, 0.5) is 0 Å². The van der Waals surface area contributed by atoms with Crippen molar-refractivity contribution in [3.05, 3.63) is 53.1 Å². The van der Waals surface area contributed by atoms with E-state index in [1.807, 2.05) is 12.2 Å². The van der Waals surface area contributed by atoms with Crippen molar-refractivity contribution in [2.45, 2.75) is 18.8 Å². The predicted octanol–water partition coefficient (Wildman–Crippen LogP) is 3.54. The molecule has 92 valence electrons. The topological polar surface area (TPSA) is 47.6 Å². The highest BCUT2D eigenvalue weighted by atomic mass is 14.6. The molecular weight excluding hydrogens is 232 g/mol. The number of nitriles is 2. The predicted molar refractivity (Wildman–Crippen MR) is 74.1 cm³/mol. The summed E-state index contributed by atoms with van der Waals surface area (Å²) < 4.78 is 0. The summed E-state index contributed by atoms with van der Waals surface area (Å²) in [6.45, 7) is 6.09. The minimum atomic E-state index is -0.0102. The summed E-state index contributed by atoms with van der Waals surface area (Å²) in [5.74, 6) is 0.788. The summed E-state index contributed by atoms with van der Waals surface area (Å²) in [5.41, 5.74) is 3.35. The maximum absolute atomic E-state index is 9.38. The highest BCUT2D eigenvalue weighted by Crippen LogP contribution is 2.63. The zero-order chi connectivity index (χ0) is 13.6. The van der Waals surface area contributed by atoms with E-state index in [4.69, 9.17) is 0 Å². The van der Waals surface area contributed by atoms with Crippen molar-refractivity contribution in [2.24, 2.45) is 11.8 Å². The summed E-state index contributed by atoms with van der Waals surface area (Å²) in [6, 6.07) is 8.05. The van der Waals surface area contributed by atoms with Crippen molar-refractivity contribution < 1.29 is 0 Å². The Kier molecular flexibility index (Phi) is 2.37. The highest BCUT2D eigenvalue weighted by molar-refractivity contribution is 5.72. The third-order valence-electron chi connectivity index (χ3n) is 4.66. The third kappa shape index (κ3) is 1.35. The van der Waals surface area contributed by atoms with E-state index in [1.165, 1.54) is 0 Å². The minimum absolute atomic E-state index is 0.0102. The molecule has 3 rings (SSSR count). The fraction of sp³-hybridized carbons (Fsp3) is 0.294. The van der Waals surface area contributed by atoms with Gasteiger partial charge in [0.2, 0.25) is 0 Å². The minimum Gasteiger partial charge on any atom is -0.192 e. The van der Waals surface area contributed by atoms with E-state index in [2.05, 4.69) is 31.7 Å². The van der Waals surface area contributed by atoms with Gasteiger partial charge >= 0.3 is 0 Å². The van der Waals surface area contributed by atoms with Gasteiger partial charge in [-0.25, -0.2) is 0 Å². The van der Waals surface area contributed by atoms with E-state index in [-0.39, 0.29) is 5.41 Å². The van der Waals surface area contributed by atoms with Crippen LogP contribution >= 0.6 is 0 Å². The van der Waals surface area contributed by atoms with Gasteiger partial charge in [0.15, 0.2) is 0 Å². The Hall–Kier alpha value is -2.32. The number of hydrogen-bond donors (Lipinski definition) is 0. The number of hydrogen-bond acceptors (Lipinski definition) is 2. The molecule has 2 aliphatic carbocycles. The van der Waals surface area contributed by atoms with Crippen molar-refractivity contribution in [1.82, 2.24) is 0 Å². The Morgan fingerprint density at radius 2 is 2.00 bits per heavy atom. The zero-order valence-electron chi connectivity index (χ0n) is 10.9. The van der Waals surface area contributed by atoms with Gasteiger partial charge in [0.1, 0.15) is 0 Å². The van der Waals surface area contributed by atoms with Crippen LogP contribution in [-0.2, 0) is 5.41 Å². The first-order valence-electron chi connectivity index (χ1n) is 6.47. The molecule has 1 saturated carbocycles. The molecule has 0 saturated heterocycles. The average molecular weight is 246 g/mol. The lowest BCUT2D eigenvalue weighted by Crippen LogP contribution is -2.24. The fourth-order valence-corrected chi connectivity index (χ4v) is 3.53. The van der Waals surface area contributed by atoms with Crippen molar-refractivity contribution in [2.75, 3.05) is 0 Å². The van der Waals surface area contributed by atoms with Gasteiger partial charge in [-0.2, -0.15) is 10.5 Å². The van der Waals surface area contributed by atoms with Crippen LogP contribution in [0.25, 0.3) is 6.08 Å². The Labute approximate surface area is 113 Å². The molecule has 2 nitrogen and oxygen atoms in total. The van der Waals surface area contributed by atoms with Crippen LogP contribution in [0.15, 0.2) is 30.9 Å². The largest absolute Gasteiger partial charge is 0.192 e. The summed E-state index contributed by atoms with van der Waals surface area (Å²) in [5, 5.41) is 18.6. The second-order valence-electron chi connectivity index (χ2n) is 5.41. The van der Waals surface area contributed by atoms with E-state index in [0.717, 1.165) is 17.5 Å². The van der Waals surface area contributed by atoms with E-state index in [9.17, 15) is 10.5 Å². The van der Waals surface area contributed by atoms with Crippen LogP contribution in [0, 0.1) is 34.5 Å². The first-order valence-corrected chi connectivity index (χ1v) is 6.47. The summed E-state index contributed by atoms with van der Waals surface area (Å²) in [7, 11) is 0. The average Bonchev–Trinajstić information content (AvgIpc) is 3.17. The van der Waals surface area contributed by atoms with Gasteiger partial charge in [0.05, 0.1) is 23.3 Å². The van der Waals surface area contributed by atoms with Crippen LogP contribution in [0.2, 0.25) is 0 Å². The van der Waals surface area contributed by atoms with Crippen LogP contribution < -0.4 is 0 Å². The van der Waals surface area contributed by atoms with E-state index in [1.54, 1.807) is 12.1 Å². The number of rotatable bonds is 1. The second-order valence-corrected chi connectivity index (χ2v) is 5.41. The third-order valence-corrected chi connectivity index (χ3v) is 4.66. The summed E-state index contributed by atoms with van der Waals surface area (Å²) in [6.07, 6.45) is 7.18. The lowest BCUT2D eigenvalue weighted by molar-refractivity contribution is 0.501. The van der Waals surface area contributed by atoms with Gasteiger partial charge < -0.3 is 0 Å². The van der Waals surface area contributed by atoms with Crippen molar-refractivity contribution in [1.29, 1.82) is 10.5 Å². The lowest BCUT2D eigenvalue weighted by Gasteiger charge is -2.30. The molecular formula is C17H14N2. The van der Waals surface area contributed by atoms with Gasteiger partial charge in [-0.05, 0) is 41.5 Å². The first kappa shape index (κ1) is 11.8. The van der Waals surface area contributed by atoms with E-state index in [0.29, 0.717) is 23.0 Å². The second kappa shape index (κ2) is 3.84. The number of allylic oxidation sites excluding steroid dienone is 2. The smallest absolute Gasteiger partial charge is 0.0998 e. The van der Waals surface area contributed by atoms with E-state index < -0.39 is 0 Å². The standard InChI is InChI=1S/C17H14N2/c1-3-14-8-17(14)11(2)4-7-15-12(9-18)5-6-13(10-19)16(15)17/h3-7,11,14H,1,8H2,2H3/t11-,14?,17+/m1/s1. The quantitative estimate of drug-likeness (QED) is 0.711. The van der Waals surface area contributed by atoms with Crippen LogP contribution in [0.3, 0.4) is 0 Å². The lowest BCUT2D eigenvalue weighted by atomic mass is 9.72. The van der Waals surface area contributed by atoms with Crippen molar-refractivity contribution in [3.63, 3.8) is 0 Å². The molecule has 0 radical (unpaired) electrons. The SMILES string of the molecule is C=CC1C[C@@]12c1c(C#N)ccc(C#N)c1C=C[C@H]2C.